The molecule has 3 aromatic rings. The van der Waals surface area contributed by atoms with Crippen LogP contribution in [0.15, 0.2) is 30.3 Å². The van der Waals surface area contributed by atoms with Crippen molar-refractivity contribution >= 4 is 57.8 Å². The Labute approximate surface area is 230 Å². The van der Waals surface area contributed by atoms with E-state index in [1.807, 2.05) is 6.07 Å². The number of H-pyrrole nitrogens is 1. The Kier molecular flexibility index (Phi) is 7.61. The van der Waals surface area contributed by atoms with Crippen molar-refractivity contribution < 1.29 is 33.8 Å². The van der Waals surface area contributed by atoms with Crippen LogP contribution in [-0.2, 0) is 20.7 Å². The fourth-order valence-corrected chi connectivity index (χ4v) is 5.19. The van der Waals surface area contributed by atoms with Crippen LogP contribution in [0.2, 0.25) is 5.02 Å². The molecule has 10 nitrogen and oxygen atoms in total. The highest BCUT2D eigenvalue weighted by Crippen LogP contribution is 2.44. The molecule has 1 aromatic heterocycles. The number of carboxylic acid groups (broad SMARTS) is 1. The number of halogens is 1. The number of carbonyl (C=O) groups excluding carboxylic acids is 3. The number of aryl methyl sites for hydroxylation is 1. The molecule has 0 radical (unpaired) electrons. The second-order valence-electron chi connectivity index (χ2n) is 10.5. The Balaban J connectivity index is 1.61. The second kappa shape index (κ2) is 10.6. The SMILES string of the molecule is COC(=O)c1[nH]c2cc(Cl)cc3c2c1C(C(C)C(=O)Nc1ccc(NC(=O)OC(C)(C)C)cc1C(=O)O)CC3. The topological polar surface area (TPSA) is 147 Å². The summed E-state index contributed by atoms with van der Waals surface area (Å²) in [6.45, 7) is 6.87. The van der Waals surface area contributed by atoms with Crippen LogP contribution in [0.3, 0.4) is 0 Å². The van der Waals surface area contributed by atoms with Crippen molar-refractivity contribution in [2.75, 3.05) is 17.7 Å². The van der Waals surface area contributed by atoms with Gasteiger partial charge in [0.2, 0.25) is 5.91 Å². The lowest BCUT2D eigenvalue weighted by Gasteiger charge is -2.28. The third-order valence-corrected chi connectivity index (χ3v) is 6.86. The lowest BCUT2D eigenvalue weighted by Crippen LogP contribution is -2.29. The number of hydrogen-bond donors (Lipinski definition) is 4. The molecule has 0 saturated heterocycles. The van der Waals surface area contributed by atoms with E-state index in [-0.39, 0.29) is 28.6 Å². The first-order valence-corrected chi connectivity index (χ1v) is 12.8. The summed E-state index contributed by atoms with van der Waals surface area (Å²) in [6, 6.07) is 7.72. The van der Waals surface area contributed by atoms with Gasteiger partial charge in [-0.25, -0.2) is 14.4 Å². The molecular formula is C28H30ClN3O7. The molecule has 2 atom stereocenters. The van der Waals surface area contributed by atoms with E-state index in [1.165, 1.54) is 25.3 Å². The van der Waals surface area contributed by atoms with Crippen molar-refractivity contribution in [1.82, 2.24) is 4.98 Å². The van der Waals surface area contributed by atoms with Gasteiger partial charge < -0.3 is 24.9 Å². The number of esters is 1. The van der Waals surface area contributed by atoms with E-state index in [9.17, 15) is 24.3 Å². The number of amides is 2. The van der Waals surface area contributed by atoms with Gasteiger partial charge in [0.25, 0.3) is 0 Å². The van der Waals surface area contributed by atoms with Gasteiger partial charge in [0, 0.05) is 27.5 Å². The van der Waals surface area contributed by atoms with Crippen molar-refractivity contribution in [3.05, 3.63) is 57.7 Å². The number of anilines is 2. The van der Waals surface area contributed by atoms with Crippen molar-refractivity contribution in [1.29, 1.82) is 0 Å². The van der Waals surface area contributed by atoms with Crippen LogP contribution in [0.5, 0.6) is 0 Å². The molecule has 206 valence electrons. The van der Waals surface area contributed by atoms with E-state index in [1.54, 1.807) is 33.8 Å². The van der Waals surface area contributed by atoms with Crippen LogP contribution in [0.1, 0.15) is 72.0 Å². The molecule has 2 aromatic carbocycles. The summed E-state index contributed by atoms with van der Waals surface area (Å²) in [7, 11) is 1.29. The zero-order valence-corrected chi connectivity index (χ0v) is 23.0. The lowest BCUT2D eigenvalue weighted by atomic mass is 9.76. The van der Waals surface area contributed by atoms with Gasteiger partial charge in [-0.3, -0.25) is 10.1 Å². The molecule has 1 aliphatic carbocycles. The van der Waals surface area contributed by atoms with Gasteiger partial charge in [-0.1, -0.05) is 18.5 Å². The molecule has 0 fully saturated rings. The van der Waals surface area contributed by atoms with Crippen LogP contribution in [-0.4, -0.2) is 46.7 Å². The number of carboxylic acids is 1. The summed E-state index contributed by atoms with van der Waals surface area (Å²) in [4.78, 5) is 53.2. The number of carbonyl (C=O) groups is 4. The molecule has 0 spiro atoms. The van der Waals surface area contributed by atoms with Gasteiger partial charge in [-0.15, -0.1) is 0 Å². The molecule has 2 unspecified atom stereocenters. The first-order valence-electron chi connectivity index (χ1n) is 12.4. The first-order chi connectivity index (χ1) is 18.3. The molecule has 39 heavy (non-hydrogen) atoms. The van der Waals surface area contributed by atoms with E-state index >= 15 is 0 Å². The average molecular weight is 556 g/mol. The Hall–Kier alpha value is -4.05. The minimum atomic E-state index is -1.28. The van der Waals surface area contributed by atoms with Crippen molar-refractivity contribution in [2.45, 2.75) is 52.1 Å². The number of nitrogens with one attached hydrogen (secondary N) is 3. The third-order valence-electron chi connectivity index (χ3n) is 6.64. The Morgan fingerprint density at radius 2 is 1.85 bits per heavy atom. The molecule has 0 aliphatic heterocycles. The number of rotatable bonds is 6. The molecule has 11 heteroatoms. The van der Waals surface area contributed by atoms with Gasteiger partial charge >= 0.3 is 18.0 Å². The van der Waals surface area contributed by atoms with Gasteiger partial charge in [-0.05, 0) is 81.0 Å². The monoisotopic (exact) mass is 555 g/mol. The van der Waals surface area contributed by atoms with E-state index < -0.39 is 35.5 Å². The number of aromatic amines is 1. The fourth-order valence-electron chi connectivity index (χ4n) is 4.95. The van der Waals surface area contributed by atoms with Crippen LogP contribution < -0.4 is 10.6 Å². The number of ether oxygens (including phenoxy) is 2. The largest absolute Gasteiger partial charge is 0.478 e. The minimum Gasteiger partial charge on any atom is -0.478 e. The summed E-state index contributed by atoms with van der Waals surface area (Å²) in [6.07, 6.45) is 0.488. The predicted molar refractivity (Wildman–Crippen MR) is 147 cm³/mol. The van der Waals surface area contributed by atoms with Crippen LogP contribution in [0.4, 0.5) is 16.2 Å². The third kappa shape index (κ3) is 5.85. The molecule has 1 heterocycles. The van der Waals surface area contributed by atoms with Gasteiger partial charge in [0.1, 0.15) is 11.3 Å². The normalized spacial score (nSPS) is 15.4. The average Bonchev–Trinajstić information content (AvgIpc) is 3.23. The molecular weight excluding hydrogens is 526 g/mol. The van der Waals surface area contributed by atoms with Gasteiger partial charge in [0.15, 0.2) is 0 Å². The summed E-state index contributed by atoms with van der Waals surface area (Å²) in [5, 5.41) is 16.4. The summed E-state index contributed by atoms with van der Waals surface area (Å²) < 4.78 is 10.2. The Bertz CT molecular complexity index is 1490. The highest BCUT2D eigenvalue weighted by atomic mass is 35.5. The van der Waals surface area contributed by atoms with E-state index in [0.717, 1.165) is 10.9 Å². The highest BCUT2D eigenvalue weighted by Gasteiger charge is 2.36. The summed E-state index contributed by atoms with van der Waals surface area (Å²) in [5.41, 5.74) is 1.96. The summed E-state index contributed by atoms with van der Waals surface area (Å²) >= 11 is 6.27. The number of aromatic nitrogens is 1. The number of benzene rings is 2. The zero-order chi connectivity index (χ0) is 28.6. The van der Waals surface area contributed by atoms with E-state index in [4.69, 9.17) is 21.1 Å². The molecule has 4 rings (SSSR count). The number of aromatic carboxylic acids is 1. The van der Waals surface area contributed by atoms with Crippen molar-refractivity contribution in [2.24, 2.45) is 5.92 Å². The van der Waals surface area contributed by atoms with Crippen molar-refractivity contribution in [3.63, 3.8) is 0 Å². The van der Waals surface area contributed by atoms with Crippen LogP contribution in [0, 0.1) is 5.92 Å². The fraction of sp³-hybridized carbons (Fsp3) is 0.357. The van der Waals surface area contributed by atoms with Gasteiger partial charge in [0.05, 0.1) is 18.4 Å². The van der Waals surface area contributed by atoms with Crippen molar-refractivity contribution in [3.8, 4) is 0 Å². The van der Waals surface area contributed by atoms with Crippen LogP contribution >= 0.6 is 11.6 Å². The first kappa shape index (κ1) is 28.0. The molecule has 1 aliphatic rings. The minimum absolute atomic E-state index is 0.0736. The highest BCUT2D eigenvalue weighted by molar-refractivity contribution is 6.31. The maximum absolute atomic E-state index is 13.4. The predicted octanol–water partition coefficient (Wildman–Crippen LogP) is 5.96. The quantitative estimate of drug-likeness (QED) is 0.274. The number of hydrogen-bond acceptors (Lipinski definition) is 6. The maximum Gasteiger partial charge on any atom is 0.412 e. The summed E-state index contributed by atoms with van der Waals surface area (Å²) in [5.74, 6) is -3.23. The van der Waals surface area contributed by atoms with Crippen LogP contribution in [0.25, 0.3) is 10.9 Å². The molecule has 2 amide bonds. The number of methoxy groups -OCH3 is 1. The van der Waals surface area contributed by atoms with Gasteiger partial charge in [-0.2, -0.15) is 0 Å². The lowest BCUT2D eigenvalue weighted by molar-refractivity contribution is -0.120. The maximum atomic E-state index is 13.4. The van der Waals surface area contributed by atoms with E-state index in [0.29, 0.717) is 28.9 Å². The standard InChI is InChI=1S/C28H30ClN3O7/c1-13(17-8-6-14-10-15(29)11-20-21(14)22(17)23(31-20)26(36)38-5)24(33)32-19-9-7-16(12-18(19)25(34)35)30-27(37)39-28(2,3)4/h7,9-13,17,31H,6,8H2,1-5H3,(H,30,37)(H,32,33)(H,34,35). The Morgan fingerprint density at radius 3 is 2.49 bits per heavy atom. The molecule has 0 bridgehead atoms. The smallest absolute Gasteiger partial charge is 0.412 e. The molecule has 4 N–H and O–H groups in total. The molecule has 0 saturated carbocycles. The van der Waals surface area contributed by atoms with E-state index in [2.05, 4.69) is 15.6 Å². The zero-order valence-electron chi connectivity index (χ0n) is 22.2. The Morgan fingerprint density at radius 1 is 1.13 bits per heavy atom. The second-order valence-corrected chi connectivity index (χ2v) is 10.9.